The smallest absolute Gasteiger partial charge is 0.271 e. The Balaban J connectivity index is 0.00000161. The van der Waals surface area contributed by atoms with E-state index in [-0.39, 0.29) is 24.4 Å². The van der Waals surface area contributed by atoms with Gasteiger partial charge in [-0.2, -0.15) is 0 Å². The minimum Gasteiger partial charge on any atom is -0.346 e. The molecule has 114 valence electrons. The average molecular weight is 409 g/mol. The number of thiazole rings is 1. The van der Waals surface area contributed by atoms with Gasteiger partial charge in [0.25, 0.3) is 5.91 Å². The van der Waals surface area contributed by atoms with E-state index in [1.54, 1.807) is 16.7 Å². The standard InChI is InChI=1S/C13H14BrN3OS2.ClH/c14-11-4-3-10(20-11)13-17-9(6-19-13)12(18)16-8(5-15)7-1-2-7;/h3-4,6-8H,1-2,5,15H2,(H,16,18);1H. The fourth-order valence-corrected chi connectivity index (χ4v) is 4.29. The minimum atomic E-state index is -0.120. The van der Waals surface area contributed by atoms with Crippen molar-refractivity contribution in [2.45, 2.75) is 18.9 Å². The van der Waals surface area contributed by atoms with Gasteiger partial charge in [-0.05, 0) is 46.8 Å². The first-order valence-corrected chi connectivity index (χ1v) is 8.88. The number of amides is 1. The number of hydrogen-bond donors (Lipinski definition) is 2. The summed E-state index contributed by atoms with van der Waals surface area (Å²) in [4.78, 5) is 17.7. The molecule has 4 nitrogen and oxygen atoms in total. The number of carbonyl (C=O) groups excluding carboxylic acids is 1. The fourth-order valence-electron chi connectivity index (χ4n) is 2.03. The Morgan fingerprint density at radius 3 is 2.86 bits per heavy atom. The number of aromatic nitrogens is 1. The lowest BCUT2D eigenvalue weighted by molar-refractivity contribution is 0.0929. The minimum absolute atomic E-state index is 0. The van der Waals surface area contributed by atoms with Crippen LogP contribution >= 0.6 is 51.0 Å². The number of carbonyl (C=O) groups is 1. The molecule has 1 unspecified atom stereocenters. The second kappa shape index (κ2) is 7.19. The molecular formula is C13H15BrClN3OS2. The van der Waals surface area contributed by atoms with E-state index in [1.165, 1.54) is 11.3 Å². The third-order valence-corrected chi connectivity index (χ3v) is 5.92. The maximum Gasteiger partial charge on any atom is 0.271 e. The Kier molecular flexibility index (Phi) is 5.79. The van der Waals surface area contributed by atoms with Crippen LogP contribution in [0.4, 0.5) is 0 Å². The summed E-state index contributed by atoms with van der Waals surface area (Å²) in [6.07, 6.45) is 2.32. The van der Waals surface area contributed by atoms with E-state index in [4.69, 9.17) is 5.73 Å². The molecule has 8 heteroatoms. The zero-order valence-electron chi connectivity index (χ0n) is 11.0. The van der Waals surface area contributed by atoms with Gasteiger partial charge >= 0.3 is 0 Å². The van der Waals surface area contributed by atoms with E-state index in [1.807, 2.05) is 12.1 Å². The Bertz CT molecular complexity index is 626. The van der Waals surface area contributed by atoms with E-state index in [2.05, 4.69) is 26.2 Å². The van der Waals surface area contributed by atoms with Gasteiger partial charge < -0.3 is 11.1 Å². The topological polar surface area (TPSA) is 68.0 Å². The van der Waals surface area contributed by atoms with E-state index in [9.17, 15) is 4.79 Å². The van der Waals surface area contributed by atoms with Crippen molar-refractivity contribution in [2.24, 2.45) is 11.7 Å². The van der Waals surface area contributed by atoms with E-state index < -0.39 is 0 Å². The SMILES string of the molecule is Cl.NCC(NC(=O)c1csc(-c2ccc(Br)s2)n1)C1CC1. The van der Waals surface area contributed by atoms with Gasteiger partial charge in [0, 0.05) is 18.0 Å². The molecule has 0 radical (unpaired) electrons. The van der Waals surface area contributed by atoms with Crippen LogP contribution in [0.5, 0.6) is 0 Å². The number of thiophene rings is 1. The summed E-state index contributed by atoms with van der Waals surface area (Å²) in [7, 11) is 0. The molecule has 1 aliphatic carbocycles. The predicted octanol–water partition coefficient (Wildman–Crippen LogP) is 3.52. The summed E-state index contributed by atoms with van der Waals surface area (Å²) in [5.41, 5.74) is 6.18. The molecule has 2 aromatic heterocycles. The van der Waals surface area contributed by atoms with Crippen molar-refractivity contribution in [1.82, 2.24) is 10.3 Å². The number of nitrogens with one attached hydrogen (secondary N) is 1. The average Bonchev–Trinajstić information content (AvgIpc) is 2.99. The maximum atomic E-state index is 12.2. The highest BCUT2D eigenvalue weighted by molar-refractivity contribution is 9.11. The number of halogens is 2. The molecule has 2 heterocycles. The summed E-state index contributed by atoms with van der Waals surface area (Å²) >= 11 is 6.53. The molecule has 0 spiro atoms. The highest BCUT2D eigenvalue weighted by Gasteiger charge is 2.31. The van der Waals surface area contributed by atoms with Crippen molar-refractivity contribution in [1.29, 1.82) is 0 Å². The zero-order chi connectivity index (χ0) is 14.1. The van der Waals surface area contributed by atoms with Crippen LogP contribution in [-0.2, 0) is 0 Å². The Morgan fingerprint density at radius 2 is 2.29 bits per heavy atom. The molecule has 1 fully saturated rings. The number of nitrogens with two attached hydrogens (primary N) is 1. The lowest BCUT2D eigenvalue weighted by atomic mass is 10.2. The Morgan fingerprint density at radius 1 is 1.52 bits per heavy atom. The second-order valence-corrected chi connectivity index (χ2v) is 8.12. The maximum absolute atomic E-state index is 12.2. The van der Waals surface area contributed by atoms with E-state index in [0.717, 1.165) is 26.5 Å². The van der Waals surface area contributed by atoms with Crippen molar-refractivity contribution >= 4 is 56.9 Å². The van der Waals surface area contributed by atoms with Gasteiger partial charge in [0.15, 0.2) is 0 Å². The van der Waals surface area contributed by atoms with Crippen LogP contribution in [0.2, 0.25) is 0 Å². The van der Waals surface area contributed by atoms with Crippen molar-refractivity contribution in [2.75, 3.05) is 6.54 Å². The van der Waals surface area contributed by atoms with Crippen LogP contribution in [-0.4, -0.2) is 23.5 Å². The summed E-state index contributed by atoms with van der Waals surface area (Å²) in [5.74, 6) is 0.431. The van der Waals surface area contributed by atoms with Crippen molar-refractivity contribution < 1.29 is 4.79 Å². The molecule has 0 saturated heterocycles. The molecular weight excluding hydrogens is 394 g/mol. The van der Waals surface area contributed by atoms with E-state index in [0.29, 0.717) is 18.2 Å². The molecule has 0 bridgehead atoms. The van der Waals surface area contributed by atoms with Gasteiger partial charge in [0.2, 0.25) is 0 Å². The Hall–Kier alpha value is -0.470. The van der Waals surface area contributed by atoms with Crippen LogP contribution in [0.15, 0.2) is 21.3 Å². The zero-order valence-corrected chi connectivity index (χ0v) is 15.1. The van der Waals surface area contributed by atoms with Crippen molar-refractivity contribution in [3.63, 3.8) is 0 Å². The first-order valence-electron chi connectivity index (χ1n) is 6.39. The van der Waals surface area contributed by atoms with Crippen LogP contribution in [0.1, 0.15) is 23.3 Å². The lowest BCUT2D eigenvalue weighted by Crippen LogP contribution is -2.41. The first-order chi connectivity index (χ1) is 9.67. The van der Waals surface area contributed by atoms with Crippen LogP contribution < -0.4 is 11.1 Å². The summed E-state index contributed by atoms with van der Waals surface area (Å²) in [6.45, 7) is 0.491. The molecule has 21 heavy (non-hydrogen) atoms. The molecule has 2 aromatic rings. The second-order valence-electron chi connectivity index (χ2n) is 4.79. The van der Waals surface area contributed by atoms with Gasteiger partial charge in [-0.25, -0.2) is 4.98 Å². The highest BCUT2D eigenvalue weighted by Crippen LogP contribution is 2.34. The summed E-state index contributed by atoms with van der Waals surface area (Å²) in [5, 5.41) is 5.67. The summed E-state index contributed by atoms with van der Waals surface area (Å²) < 4.78 is 1.06. The van der Waals surface area contributed by atoms with Gasteiger partial charge in [-0.1, -0.05) is 0 Å². The largest absolute Gasteiger partial charge is 0.346 e. The quantitative estimate of drug-likeness (QED) is 0.795. The predicted molar refractivity (Wildman–Crippen MR) is 93.4 cm³/mol. The molecule has 0 aliphatic heterocycles. The molecule has 3 N–H and O–H groups in total. The Labute approximate surface area is 145 Å². The lowest BCUT2D eigenvalue weighted by Gasteiger charge is -2.14. The van der Waals surface area contributed by atoms with Crippen LogP contribution in [0, 0.1) is 5.92 Å². The normalized spacial score (nSPS) is 15.3. The van der Waals surface area contributed by atoms with Gasteiger partial charge in [0.1, 0.15) is 10.7 Å². The van der Waals surface area contributed by atoms with Gasteiger partial charge in [0.05, 0.1) is 8.66 Å². The number of hydrogen-bond acceptors (Lipinski definition) is 5. The molecule has 1 amide bonds. The van der Waals surface area contributed by atoms with Crippen molar-refractivity contribution in [3.05, 3.63) is 27.0 Å². The van der Waals surface area contributed by atoms with Gasteiger partial charge in [-0.3, -0.25) is 4.79 Å². The molecule has 1 saturated carbocycles. The monoisotopic (exact) mass is 407 g/mol. The molecule has 1 aliphatic rings. The first kappa shape index (κ1) is 16.9. The van der Waals surface area contributed by atoms with E-state index >= 15 is 0 Å². The number of rotatable bonds is 5. The fraction of sp³-hybridized carbons (Fsp3) is 0.385. The highest BCUT2D eigenvalue weighted by atomic mass is 79.9. The van der Waals surface area contributed by atoms with Crippen LogP contribution in [0.25, 0.3) is 9.88 Å². The molecule has 1 atom stereocenters. The van der Waals surface area contributed by atoms with Crippen LogP contribution in [0.3, 0.4) is 0 Å². The molecule has 3 rings (SSSR count). The van der Waals surface area contributed by atoms with Crippen molar-refractivity contribution in [3.8, 4) is 9.88 Å². The molecule has 0 aromatic carbocycles. The number of nitrogens with zero attached hydrogens (tertiary/aromatic N) is 1. The third kappa shape index (κ3) is 4.04. The summed E-state index contributed by atoms with van der Waals surface area (Å²) in [6, 6.07) is 4.07. The van der Waals surface area contributed by atoms with Gasteiger partial charge in [-0.15, -0.1) is 35.1 Å². The third-order valence-electron chi connectivity index (χ3n) is 3.28.